The summed E-state index contributed by atoms with van der Waals surface area (Å²) in [4.78, 5) is 0. The Bertz CT molecular complexity index is 602. The average molecular weight is 354 g/mol. The Kier molecular flexibility index (Phi) is 4.39. The first-order valence-electron chi connectivity index (χ1n) is 6.71. The molecule has 0 saturated carbocycles. The van der Waals surface area contributed by atoms with Crippen molar-refractivity contribution in [3.63, 3.8) is 0 Å². The zero-order chi connectivity index (χ0) is 14.9. The monoisotopic (exact) mass is 353 g/mol. The third-order valence-electron chi connectivity index (χ3n) is 2.83. The lowest BCUT2D eigenvalue weighted by molar-refractivity contribution is 0.243. The van der Waals surface area contributed by atoms with Crippen molar-refractivity contribution in [1.29, 1.82) is 0 Å². The molecule has 0 aliphatic heterocycles. The van der Waals surface area contributed by atoms with Crippen LogP contribution in [0, 0.1) is 0 Å². The van der Waals surface area contributed by atoms with Crippen LogP contribution in [-0.2, 0) is 0 Å². The molecule has 0 radical (unpaired) electrons. The highest BCUT2D eigenvalue weighted by Gasteiger charge is 2.23. The summed E-state index contributed by atoms with van der Waals surface area (Å²) in [5.41, 5.74) is 1.79. The number of hydrogen-bond acceptors (Lipinski definition) is 3. The van der Waals surface area contributed by atoms with Gasteiger partial charge in [0.25, 0.3) is 0 Å². The van der Waals surface area contributed by atoms with Gasteiger partial charge in [0.15, 0.2) is 0 Å². The molecule has 5 heteroatoms. The molecule has 1 aromatic carbocycles. The van der Waals surface area contributed by atoms with E-state index in [1.54, 1.807) is 0 Å². The highest BCUT2D eigenvalue weighted by molar-refractivity contribution is 9.10. The van der Waals surface area contributed by atoms with E-state index in [1.807, 2.05) is 38.1 Å². The van der Waals surface area contributed by atoms with Crippen molar-refractivity contribution in [1.82, 2.24) is 5.16 Å². The van der Waals surface area contributed by atoms with Gasteiger partial charge in [0.1, 0.15) is 24.9 Å². The molecule has 1 aromatic heterocycles. The van der Waals surface area contributed by atoms with Gasteiger partial charge in [0.05, 0.1) is 6.10 Å². The number of halogens is 1. The fraction of sp³-hybridized carbons (Fsp3) is 0.400. The van der Waals surface area contributed by atoms with Gasteiger partial charge in [-0.05, 0) is 32.0 Å². The third-order valence-corrected chi connectivity index (χ3v) is 5.04. The van der Waals surface area contributed by atoms with Gasteiger partial charge in [-0.2, -0.15) is 0 Å². The van der Waals surface area contributed by atoms with Crippen LogP contribution >= 0.6 is 15.9 Å². The highest BCUT2D eigenvalue weighted by atomic mass is 79.9. The Labute approximate surface area is 129 Å². The lowest BCUT2D eigenvalue weighted by Gasteiger charge is -2.13. The van der Waals surface area contributed by atoms with Crippen LogP contribution < -0.4 is 10.1 Å². The summed E-state index contributed by atoms with van der Waals surface area (Å²) < 4.78 is 12.4. The van der Waals surface area contributed by atoms with Gasteiger partial charge in [-0.3, -0.25) is 0 Å². The van der Waals surface area contributed by atoms with Crippen LogP contribution in [0.15, 0.2) is 33.3 Å². The van der Waals surface area contributed by atoms with Crippen molar-refractivity contribution in [3.8, 4) is 17.0 Å². The second kappa shape index (κ2) is 5.74. The zero-order valence-electron chi connectivity index (χ0n) is 12.5. The van der Waals surface area contributed by atoms with Crippen molar-refractivity contribution < 1.29 is 9.26 Å². The molecule has 0 aliphatic rings. The molecule has 0 aliphatic carbocycles. The summed E-state index contributed by atoms with van der Waals surface area (Å²) in [7, 11) is -1.49. The van der Waals surface area contributed by atoms with Crippen molar-refractivity contribution in [2.45, 2.75) is 39.6 Å². The van der Waals surface area contributed by atoms with Crippen LogP contribution in [0.4, 0.5) is 0 Å². The van der Waals surface area contributed by atoms with E-state index in [1.165, 1.54) is 0 Å². The van der Waals surface area contributed by atoms with E-state index < -0.39 is 8.07 Å². The number of ether oxygens (including phenoxy) is 1. The fourth-order valence-corrected chi connectivity index (χ4v) is 3.06. The molecule has 0 N–H and O–H groups in total. The topological polar surface area (TPSA) is 35.3 Å². The van der Waals surface area contributed by atoms with Gasteiger partial charge in [0, 0.05) is 16.1 Å². The van der Waals surface area contributed by atoms with Gasteiger partial charge < -0.3 is 9.26 Å². The Morgan fingerprint density at radius 3 is 2.45 bits per heavy atom. The smallest absolute Gasteiger partial charge is 0.129 e. The van der Waals surface area contributed by atoms with Crippen LogP contribution in [0.5, 0.6) is 5.75 Å². The van der Waals surface area contributed by atoms with Crippen LogP contribution in [-0.4, -0.2) is 19.3 Å². The quantitative estimate of drug-likeness (QED) is 0.762. The van der Waals surface area contributed by atoms with Crippen LogP contribution in [0.25, 0.3) is 11.3 Å². The molecule has 0 amide bonds. The summed E-state index contributed by atoms with van der Waals surface area (Å²) >= 11 is 3.50. The Morgan fingerprint density at radius 2 is 1.90 bits per heavy atom. The fourth-order valence-electron chi connectivity index (χ4n) is 1.81. The standard InChI is InChI=1S/C15H20BrNO2Si/c1-10(2)18-14-7-6-11(16)8-12(14)13-9-15(19-17-13)20(3,4)5/h6-10H,1-5H3. The number of rotatable bonds is 4. The molecular formula is C15H20BrNO2Si. The molecule has 0 atom stereocenters. The maximum absolute atomic E-state index is 5.86. The lowest BCUT2D eigenvalue weighted by atomic mass is 10.1. The maximum atomic E-state index is 5.86. The first kappa shape index (κ1) is 15.3. The zero-order valence-corrected chi connectivity index (χ0v) is 15.1. The molecule has 3 nitrogen and oxygen atoms in total. The molecule has 0 spiro atoms. The minimum absolute atomic E-state index is 0.123. The van der Waals surface area contributed by atoms with E-state index in [0.717, 1.165) is 26.9 Å². The van der Waals surface area contributed by atoms with Gasteiger partial charge in [0.2, 0.25) is 0 Å². The van der Waals surface area contributed by atoms with E-state index in [2.05, 4.69) is 40.7 Å². The summed E-state index contributed by atoms with van der Waals surface area (Å²) in [5.74, 6) is 0.832. The van der Waals surface area contributed by atoms with E-state index in [0.29, 0.717) is 0 Å². The minimum Gasteiger partial charge on any atom is -0.490 e. The predicted molar refractivity (Wildman–Crippen MR) is 88.4 cm³/mol. The summed E-state index contributed by atoms with van der Waals surface area (Å²) in [6.07, 6.45) is 0.123. The number of nitrogens with zero attached hydrogens (tertiary/aromatic N) is 1. The van der Waals surface area contributed by atoms with Crippen molar-refractivity contribution >= 4 is 29.4 Å². The van der Waals surface area contributed by atoms with Gasteiger partial charge in [-0.15, -0.1) is 0 Å². The number of aromatic nitrogens is 1. The molecule has 1 heterocycles. The normalized spacial score (nSPS) is 11.9. The van der Waals surface area contributed by atoms with Crippen molar-refractivity contribution in [2.24, 2.45) is 0 Å². The summed E-state index contributed by atoms with van der Waals surface area (Å²) in [5, 5.41) is 5.22. The summed E-state index contributed by atoms with van der Waals surface area (Å²) in [6, 6.07) is 7.99. The second-order valence-electron chi connectivity index (χ2n) is 6.13. The van der Waals surface area contributed by atoms with Crippen molar-refractivity contribution in [3.05, 3.63) is 28.7 Å². The van der Waals surface area contributed by atoms with Gasteiger partial charge in [-0.1, -0.05) is 40.7 Å². The van der Waals surface area contributed by atoms with Gasteiger partial charge >= 0.3 is 0 Å². The molecular weight excluding hydrogens is 334 g/mol. The van der Waals surface area contributed by atoms with E-state index in [-0.39, 0.29) is 6.10 Å². The van der Waals surface area contributed by atoms with Crippen molar-refractivity contribution in [2.75, 3.05) is 0 Å². The first-order valence-corrected chi connectivity index (χ1v) is 11.0. The molecule has 0 bridgehead atoms. The molecule has 0 fully saturated rings. The predicted octanol–water partition coefficient (Wildman–Crippen LogP) is 4.44. The molecule has 2 rings (SSSR count). The number of benzene rings is 1. The first-order chi connectivity index (χ1) is 9.27. The maximum Gasteiger partial charge on any atom is 0.129 e. The van der Waals surface area contributed by atoms with E-state index >= 15 is 0 Å². The van der Waals surface area contributed by atoms with Crippen LogP contribution in [0.3, 0.4) is 0 Å². The van der Waals surface area contributed by atoms with E-state index in [9.17, 15) is 0 Å². The second-order valence-corrected chi connectivity index (χ2v) is 12.0. The molecule has 0 unspecified atom stereocenters. The molecule has 108 valence electrons. The largest absolute Gasteiger partial charge is 0.490 e. The Morgan fingerprint density at radius 1 is 1.20 bits per heavy atom. The van der Waals surface area contributed by atoms with Crippen LogP contribution in [0.1, 0.15) is 13.8 Å². The number of hydrogen-bond donors (Lipinski definition) is 0. The molecule has 20 heavy (non-hydrogen) atoms. The Hall–Kier alpha value is -1.07. The van der Waals surface area contributed by atoms with Gasteiger partial charge in [-0.25, -0.2) is 0 Å². The average Bonchev–Trinajstić information content (AvgIpc) is 2.80. The van der Waals surface area contributed by atoms with Crippen LogP contribution in [0.2, 0.25) is 19.6 Å². The molecule has 2 aromatic rings. The third kappa shape index (κ3) is 3.52. The lowest BCUT2D eigenvalue weighted by Crippen LogP contribution is -2.36. The summed E-state index contributed by atoms with van der Waals surface area (Å²) in [6.45, 7) is 10.8. The minimum atomic E-state index is -1.49. The van der Waals surface area contributed by atoms with E-state index in [4.69, 9.17) is 9.26 Å². The molecule has 0 saturated heterocycles. The highest BCUT2D eigenvalue weighted by Crippen LogP contribution is 2.32. The SMILES string of the molecule is CC(C)Oc1ccc(Br)cc1-c1cc([Si](C)(C)C)on1. The Balaban J connectivity index is 2.45.